The summed E-state index contributed by atoms with van der Waals surface area (Å²) in [5, 5.41) is 0. The van der Waals surface area contributed by atoms with Crippen molar-refractivity contribution in [2.45, 2.75) is 30.9 Å². The summed E-state index contributed by atoms with van der Waals surface area (Å²) >= 11 is 0. The summed E-state index contributed by atoms with van der Waals surface area (Å²) in [6, 6.07) is 19.6. The predicted molar refractivity (Wildman–Crippen MR) is 119 cm³/mol. The van der Waals surface area contributed by atoms with Crippen molar-refractivity contribution in [3.63, 3.8) is 0 Å². The molecule has 2 nitrogen and oxygen atoms in total. The van der Waals surface area contributed by atoms with Gasteiger partial charge in [-0.1, -0.05) is 35.4 Å². The molecule has 0 saturated carbocycles. The molecule has 4 aromatic rings. The molecule has 12 heteroatoms. The zero-order valence-electron chi connectivity index (χ0n) is 19.4. The molecular weight excluding hydrogens is 718 g/mol. The minimum absolute atomic E-state index is 0. The van der Waals surface area contributed by atoms with Crippen molar-refractivity contribution in [1.82, 2.24) is 9.97 Å². The number of aromatic nitrogens is 2. The van der Waals surface area contributed by atoms with Gasteiger partial charge in [0, 0.05) is 28.8 Å². The van der Waals surface area contributed by atoms with Crippen LogP contribution in [0.25, 0.3) is 22.5 Å². The molecule has 0 aliphatic carbocycles. The van der Waals surface area contributed by atoms with Gasteiger partial charge < -0.3 is 0 Å². The molecule has 0 atom stereocenters. The summed E-state index contributed by atoms with van der Waals surface area (Å²) in [6.45, 7) is 0. The summed E-state index contributed by atoms with van der Waals surface area (Å²) < 4.78 is 127. The number of nitrogens with zero attached hydrogens (tertiary/aromatic N) is 2. The van der Waals surface area contributed by atoms with Crippen molar-refractivity contribution < 1.29 is 60.6 Å². The van der Waals surface area contributed by atoms with Gasteiger partial charge in [0.15, 0.2) is 0 Å². The fraction of sp³-hybridized carbons (Fsp3) is 0.185. The van der Waals surface area contributed by atoms with E-state index in [1.165, 1.54) is 24.3 Å². The topological polar surface area (TPSA) is 25.8 Å². The summed E-state index contributed by atoms with van der Waals surface area (Å²) in [6.07, 6.45) is -11.8. The van der Waals surface area contributed by atoms with Gasteiger partial charge in [-0.15, -0.1) is 6.07 Å². The van der Waals surface area contributed by atoms with E-state index < -0.39 is 57.7 Å². The van der Waals surface area contributed by atoms with E-state index in [4.69, 9.17) is 0 Å². The molecule has 206 valence electrons. The zero-order valence-corrected chi connectivity index (χ0v) is 21.6. The van der Waals surface area contributed by atoms with Crippen LogP contribution >= 0.6 is 0 Å². The molecule has 0 N–H and O–H groups in total. The number of alkyl halides is 7. The van der Waals surface area contributed by atoms with Crippen LogP contribution < -0.4 is 0 Å². The molecule has 0 bridgehead atoms. The second-order valence-corrected chi connectivity index (χ2v) is 8.15. The molecular formula is C27H15F9N2Pt. The van der Waals surface area contributed by atoms with E-state index in [0.29, 0.717) is 6.42 Å². The van der Waals surface area contributed by atoms with Crippen LogP contribution in [0.4, 0.5) is 39.5 Å². The van der Waals surface area contributed by atoms with Crippen molar-refractivity contribution >= 4 is 0 Å². The third-order valence-corrected chi connectivity index (χ3v) is 5.66. The molecule has 2 aromatic heterocycles. The van der Waals surface area contributed by atoms with Crippen LogP contribution in [0.1, 0.15) is 16.8 Å². The number of hydrogen-bond acceptors (Lipinski definition) is 2. The van der Waals surface area contributed by atoms with Gasteiger partial charge in [0.05, 0.1) is 11.6 Å². The van der Waals surface area contributed by atoms with Crippen molar-refractivity contribution in [1.29, 1.82) is 0 Å². The van der Waals surface area contributed by atoms with E-state index in [9.17, 15) is 26.3 Å². The maximum Gasteiger partial charge on any atom is 2.00 e. The number of benzene rings is 2. The number of halogens is 9. The van der Waals surface area contributed by atoms with Crippen molar-refractivity contribution in [3.05, 3.63) is 107 Å². The first kappa shape index (κ1) is 30.3. The molecule has 0 saturated heterocycles. The van der Waals surface area contributed by atoms with E-state index in [2.05, 4.69) is 22.1 Å². The molecule has 0 spiro atoms. The first-order chi connectivity index (χ1) is 17.8. The molecule has 4 rings (SSSR count). The largest absolute Gasteiger partial charge is 2.00 e. The van der Waals surface area contributed by atoms with E-state index >= 15 is 13.2 Å². The van der Waals surface area contributed by atoms with E-state index in [0.717, 1.165) is 23.9 Å². The van der Waals surface area contributed by atoms with Crippen LogP contribution in [-0.2, 0) is 39.6 Å². The Morgan fingerprint density at radius 1 is 0.692 bits per heavy atom. The van der Waals surface area contributed by atoms with Crippen LogP contribution in [-0.4, -0.2) is 22.3 Å². The van der Waals surface area contributed by atoms with Crippen LogP contribution in [0.3, 0.4) is 0 Å². The van der Waals surface area contributed by atoms with Gasteiger partial charge in [0.25, 0.3) is 0 Å². The first-order valence-electron chi connectivity index (χ1n) is 10.9. The average Bonchev–Trinajstić information content (AvgIpc) is 2.87. The van der Waals surface area contributed by atoms with Gasteiger partial charge in [-0.3, -0.25) is 18.7 Å². The van der Waals surface area contributed by atoms with Crippen LogP contribution in [0, 0.1) is 23.8 Å². The Balaban J connectivity index is 0.00000420. The number of pyridine rings is 2. The van der Waals surface area contributed by atoms with Crippen LogP contribution in [0.2, 0.25) is 0 Å². The zero-order chi connectivity index (χ0) is 27.7. The van der Waals surface area contributed by atoms with Gasteiger partial charge in [0.1, 0.15) is 0 Å². The van der Waals surface area contributed by atoms with E-state index in [1.54, 1.807) is 24.3 Å². The van der Waals surface area contributed by atoms with Gasteiger partial charge >= 0.3 is 39.1 Å². The molecule has 0 radical (unpaired) electrons. The van der Waals surface area contributed by atoms with Gasteiger partial charge in [-0.05, 0) is 25.0 Å². The molecule has 0 unspecified atom stereocenters. The molecule has 2 aromatic carbocycles. The summed E-state index contributed by atoms with van der Waals surface area (Å²) in [5.74, 6) is -4.86. The van der Waals surface area contributed by atoms with Gasteiger partial charge in [-0.2, -0.15) is 62.2 Å². The van der Waals surface area contributed by atoms with Crippen molar-refractivity contribution in [2.24, 2.45) is 0 Å². The van der Waals surface area contributed by atoms with Crippen LogP contribution in [0.5, 0.6) is 0 Å². The van der Waals surface area contributed by atoms with E-state index in [-0.39, 0.29) is 33.2 Å². The predicted octanol–water partition coefficient (Wildman–Crippen LogP) is 7.76. The maximum absolute atomic E-state index is 15.5. The normalized spacial score (nSPS) is 12.2. The van der Waals surface area contributed by atoms with Gasteiger partial charge in [0.2, 0.25) is 0 Å². The van der Waals surface area contributed by atoms with E-state index in [1.807, 2.05) is 0 Å². The quantitative estimate of drug-likeness (QED) is 0.150. The Bertz CT molecular complexity index is 1410. The Labute approximate surface area is 231 Å². The molecule has 2 heterocycles. The summed E-state index contributed by atoms with van der Waals surface area (Å²) in [5.41, 5.74) is -11.3. The summed E-state index contributed by atoms with van der Waals surface area (Å²) in [4.78, 5) is 7.82. The van der Waals surface area contributed by atoms with Crippen molar-refractivity contribution in [2.75, 3.05) is 0 Å². The Morgan fingerprint density at radius 3 is 1.87 bits per heavy atom. The van der Waals surface area contributed by atoms with Crippen LogP contribution in [0.15, 0.2) is 66.9 Å². The molecule has 39 heavy (non-hydrogen) atoms. The number of rotatable bonds is 6. The van der Waals surface area contributed by atoms with Gasteiger partial charge in [-0.25, -0.2) is 4.39 Å². The number of hydrogen-bond donors (Lipinski definition) is 0. The minimum Gasteiger partial charge on any atom is -0.295 e. The Morgan fingerprint density at radius 2 is 1.31 bits per heavy atom. The molecule has 0 aliphatic heterocycles. The fourth-order valence-electron chi connectivity index (χ4n) is 3.80. The minimum atomic E-state index is -6.76. The Hall–Kier alpha value is -3.20. The SMILES string of the molecule is Fc1c(-c2ccccn2)[c-]c(-c2cccc(CCc3[c-]cccc3)n2)c(F)c1C(F)(C(F)(F)F)C(F)(F)F.[Pt+2]. The molecule has 0 fully saturated rings. The fourth-order valence-corrected chi connectivity index (χ4v) is 3.80. The second-order valence-electron chi connectivity index (χ2n) is 8.15. The maximum atomic E-state index is 15.5. The Kier molecular flexibility index (Phi) is 8.95. The molecule has 0 amide bonds. The molecule has 0 aliphatic rings. The number of aryl methyl sites for hydroxylation is 2. The average molecular weight is 733 g/mol. The first-order valence-corrected chi connectivity index (χ1v) is 10.9. The third-order valence-electron chi connectivity index (χ3n) is 5.66. The standard InChI is InChI=1S/C27H15F9N2.Pt/c28-23-18(20-10-4-5-14-37-20)15-19(24(29)22(23)25(30,26(31,32)33)27(34,35)36)21-11-6-9-17(38-21)13-12-16-7-2-1-3-8-16;/h1-7,9-11,14H,12-13H2;/q-2;+2. The third kappa shape index (κ3) is 5.88. The van der Waals surface area contributed by atoms with Crippen molar-refractivity contribution in [3.8, 4) is 22.5 Å². The summed E-state index contributed by atoms with van der Waals surface area (Å²) in [7, 11) is 0. The second kappa shape index (κ2) is 11.5. The smallest absolute Gasteiger partial charge is 0.295 e. The monoisotopic (exact) mass is 733 g/mol.